The van der Waals surface area contributed by atoms with Crippen LogP contribution in [0.2, 0.25) is 0 Å². The molecular weight excluding hydrogens is 324 g/mol. The number of amides is 2. The van der Waals surface area contributed by atoms with E-state index in [1.807, 2.05) is 4.90 Å². The highest BCUT2D eigenvalue weighted by molar-refractivity contribution is 7.15. The summed E-state index contributed by atoms with van der Waals surface area (Å²) in [5.74, 6) is -0.0886. The van der Waals surface area contributed by atoms with E-state index in [1.165, 1.54) is 17.8 Å². The molecule has 1 fully saturated rings. The second-order valence-corrected chi connectivity index (χ2v) is 8.33. The zero-order chi connectivity index (χ0) is 17.7. The number of hydrogen-bond donors (Lipinski definition) is 1. The van der Waals surface area contributed by atoms with Crippen LogP contribution in [-0.2, 0) is 15.0 Å². The Morgan fingerprint density at radius 2 is 2.00 bits per heavy atom. The Bertz CT molecular complexity index is 579. The lowest BCUT2D eigenvalue weighted by atomic mass is 9.98. The van der Waals surface area contributed by atoms with Crippen LogP contribution in [0.25, 0.3) is 0 Å². The van der Waals surface area contributed by atoms with Crippen molar-refractivity contribution in [2.75, 3.05) is 11.9 Å². The molecule has 24 heavy (non-hydrogen) atoms. The fourth-order valence-electron chi connectivity index (χ4n) is 2.88. The van der Waals surface area contributed by atoms with Crippen LogP contribution >= 0.6 is 11.3 Å². The minimum atomic E-state index is -0.176. The monoisotopic (exact) mass is 352 g/mol. The van der Waals surface area contributed by atoms with Crippen molar-refractivity contribution < 1.29 is 9.59 Å². The molecule has 1 aromatic heterocycles. The minimum absolute atomic E-state index is 0.0833. The first kappa shape index (κ1) is 18.8. The number of hydrogen-bond acceptors (Lipinski definition) is 5. The van der Waals surface area contributed by atoms with Gasteiger partial charge in [0.05, 0.1) is 0 Å². The van der Waals surface area contributed by atoms with Gasteiger partial charge >= 0.3 is 0 Å². The Kier molecular flexibility index (Phi) is 6.32. The van der Waals surface area contributed by atoms with Gasteiger partial charge in [0.15, 0.2) is 0 Å². The number of nitrogens with one attached hydrogen (secondary N) is 1. The van der Waals surface area contributed by atoms with Gasteiger partial charge in [0.2, 0.25) is 16.9 Å². The van der Waals surface area contributed by atoms with Gasteiger partial charge in [0.1, 0.15) is 5.01 Å². The number of aromatic nitrogens is 2. The Hall–Kier alpha value is -1.50. The molecule has 1 N–H and O–H groups in total. The number of carbonyl (C=O) groups is 2. The molecule has 0 unspecified atom stereocenters. The second kappa shape index (κ2) is 8.05. The minimum Gasteiger partial charge on any atom is -0.340 e. The molecule has 2 rings (SSSR count). The third-order valence-electron chi connectivity index (χ3n) is 4.30. The third kappa shape index (κ3) is 5.00. The predicted molar refractivity (Wildman–Crippen MR) is 96.1 cm³/mol. The van der Waals surface area contributed by atoms with Crippen molar-refractivity contribution in [1.82, 2.24) is 15.1 Å². The molecule has 2 amide bonds. The molecule has 0 bridgehead atoms. The summed E-state index contributed by atoms with van der Waals surface area (Å²) in [4.78, 5) is 26.4. The largest absolute Gasteiger partial charge is 0.340 e. The summed E-state index contributed by atoms with van der Waals surface area (Å²) in [5, 5.41) is 12.3. The van der Waals surface area contributed by atoms with E-state index in [1.54, 1.807) is 0 Å². The van der Waals surface area contributed by atoms with Crippen molar-refractivity contribution in [3.05, 3.63) is 5.01 Å². The molecule has 0 aliphatic carbocycles. The summed E-state index contributed by atoms with van der Waals surface area (Å²) in [6.45, 7) is 9.11. The zero-order valence-corrected chi connectivity index (χ0v) is 15.9. The van der Waals surface area contributed by atoms with Crippen molar-refractivity contribution in [3.63, 3.8) is 0 Å². The Labute approximate surface area is 148 Å². The third-order valence-corrected chi connectivity index (χ3v) is 5.56. The molecular formula is C17H28N4O2S. The van der Waals surface area contributed by atoms with E-state index in [2.05, 4.69) is 43.2 Å². The van der Waals surface area contributed by atoms with E-state index < -0.39 is 0 Å². The molecule has 2 heterocycles. The van der Waals surface area contributed by atoms with Gasteiger partial charge < -0.3 is 10.2 Å². The molecule has 1 atom stereocenters. The molecule has 7 heteroatoms. The number of likely N-dealkylation sites (tertiary alicyclic amines) is 1. The van der Waals surface area contributed by atoms with Gasteiger partial charge in [-0.2, -0.15) is 0 Å². The van der Waals surface area contributed by atoms with E-state index in [0.717, 1.165) is 30.8 Å². The fourth-order valence-corrected chi connectivity index (χ4v) is 3.69. The maximum Gasteiger partial charge on any atom is 0.226 e. The highest BCUT2D eigenvalue weighted by Gasteiger charge is 2.25. The Morgan fingerprint density at radius 1 is 1.25 bits per heavy atom. The van der Waals surface area contributed by atoms with Crippen molar-refractivity contribution in [1.29, 1.82) is 0 Å². The van der Waals surface area contributed by atoms with Crippen LogP contribution in [0.1, 0.15) is 71.2 Å². The number of carbonyl (C=O) groups excluding carboxylic acids is 2. The average Bonchev–Trinajstić information content (AvgIpc) is 3.01. The number of nitrogens with zero attached hydrogens (tertiary/aromatic N) is 3. The average molecular weight is 353 g/mol. The smallest absolute Gasteiger partial charge is 0.226 e. The maximum atomic E-state index is 12.4. The van der Waals surface area contributed by atoms with Gasteiger partial charge in [-0.05, 0) is 25.7 Å². The predicted octanol–water partition coefficient (Wildman–Crippen LogP) is 3.35. The molecule has 1 saturated heterocycles. The van der Waals surface area contributed by atoms with Crippen LogP contribution in [0.15, 0.2) is 0 Å². The lowest BCUT2D eigenvalue weighted by Gasteiger charge is -2.35. The van der Waals surface area contributed by atoms with E-state index in [0.29, 0.717) is 11.2 Å². The van der Waals surface area contributed by atoms with Crippen LogP contribution in [0.4, 0.5) is 5.13 Å². The van der Waals surface area contributed by atoms with Gasteiger partial charge in [-0.3, -0.25) is 9.59 Å². The van der Waals surface area contributed by atoms with Gasteiger partial charge in [-0.25, -0.2) is 0 Å². The Balaban J connectivity index is 1.82. The summed E-state index contributed by atoms with van der Waals surface area (Å²) in [5.41, 5.74) is -0.0833. The quantitative estimate of drug-likeness (QED) is 0.882. The van der Waals surface area contributed by atoms with Crippen LogP contribution in [0.5, 0.6) is 0 Å². The summed E-state index contributed by atoms with van der Waals surface area (Å²) >= 11 is 1.38. The van der Waals surface area contributed by atoms with Crippen molar-refractivity contribution >= 4 is 28.3 Å². The molecule has 0 spiro atoms. The summed E-state index contributed by atoms with van der Waals surface area (Å²) in [6, 6.07) is 0.340. The lowest BCUT2D eigenvalue weighted by Crippen LogP contribution is -2.43. The first-order valence-electron chi connectivity index (χ1n) is 8.74. The highest BCUT2D eigenvalue weighted by Crippen LogP contribution is 2.27. The zero-order valence-electron chi connectivity index (χ0n) is 15.1. The van der Waals surface area contributed by atoms with E-state index in [-0.39, 0.29) is 30.1 Å². The molecule has 1 aliphatic heterocycles. The molecule has 6 nitrogen and oxygen atoms in total. The molecule has 1 aromatic rings. The first-order valence-corrected chi connectivity index (χ1v) is 9.56. The highest BCUT2D eigenvalue weighted by atomic mass is 32.1. The second-order valence-electron chi connectivity index (χ2n) is 7.36. The van der Waals surface area contributed by atoms with Crippen LogP contribution in [0.3, 0.4) is 0 Å². The molecule has 0 saturated carbocycles. The molecule has 0 aromatic carbocycles. The fraction of sp³-hybridized carbons (Fsp3) is 0.765. The van der Waals surface area contributed by atoms with Gasteiger partial charge in [-0.1, -0.05) is 39.0 Å². The van der Waals surface area contributed by atoms with Crippen molar-refractivity contribution in [2.24, 2.45) is 0 Å². The van der Waals surface area contributed by atoms with Gasteiger partial charge in [-0.15, -0.1) is 10.2 Å². The van der Waals surface area contributed by atoms with Crippen LogP contribution < -0.4 is 5.32 Å². The molecule has 0 radical (unpaired) electrons. The number of anilines is 1. The lowest BCUT2D eigenvalue weighted by molar-refractivity contribution is -0.136. The van der Waals surface area contributed by atoms with E-state index in [9.17, 15) is 9.59 Å². The topological polar surface area (TPSA) is 75.2 Å². The van der Waals surface area contributed by atoms with E-state index in [4.69, 9.17) is 0 Å². The SMILES string of the molecule is CC[C@@H]1CCCCN1C(=O)CCC(=O)Nc1nnc(C(C)(C)C)s1. The number of rotatable bonds is 5. The molecule has 134 valence electrons. The van der Waals surface area contributed by atoms with Crippen LogP contribution in [0, 0.1) is 0 Å². The molecule has 1 aliphatic rings. The van der Waals surface area contributed by atoms with E-state index >= 15 is 0 Å². The first-order chi connectivity index (χ1) is 11.3. The van der Waals surface area contributed by atoms with Gasteiger partial charge in [0, 0.05) is 30.8 Å². The standard InChI is InChI=1S/C17H28N4O2S/c1-5-12-8-6-7-11-21(12)14(23)10-9-13(22)18-16-20-19-15(24-16)17(2,3)4/h12H,5-11H2,1-4H3,(H,18,20,22)/t12-/m1/s1. The summed E-state index contributed by atoms with van der Waals surface area (Å²) < 4.78 is 0. The number of piperidine rings is 1. The summed E-state index contributed by atoms with van der Waals surface area (Å²) in [6.07, 6.45) is 4.77. The summed E-state index contributed by atoms with van der Waals surface area (Å²) in [7, 11) is 0. The van der Waals surface area contributed by atoms with Crippen molar-refractivity contribution in [3.8, 4) is 0 Å². The van der Waals surface area contributed by atoms with Gasteiger partial charge in [0.25, 0.3) is 0 Å². The normalized spacial score (nSPS) is 18.5. The van der Waals surface area contributed by atoms with Crippen molar-refractivity contribution in [2.45, 2.75) is 77.7 Å². The Morgan fingerprint density at radius 3 is 2.62 bits per heavy atom. The maximum absolute atomic E-state index is 12.4. The van der Waals surface area contributed by atoms with Crippen LogP contribution in [-0.4, -0.2) is 39.5 Å².